The summed E-state index contributed by atoms with van der Waals surface area (Å²) in [5.41, 5.74) is 31.4. The van der Waals surface area contributed by atoms with E-state index in [2.05, 4.69) is 310 Å². The second kappa shape index (κ2) is 17.8. The quantitative estimate of drug-likeness (QED) is 0.154. The molecule has 0 N–H and O–H groups in total. The highest BCUT2D eigenvalue weighted by Gasteiger charge is 2.41. The molecule has 0 bridgehead atoms. The molecule has 90 heavy (non-hydrogen) atoms. The molecular weight excluding hydrogens is 1080 g/mol. The van der Waals surface area contributed by atoms with Crippen molar-refractivity contribution in [1.82, 2.24) is 0 Å². The zero-order chi connectivity index (χ0) is 60.5. The van der Waals surface area contributed by atoms with E-state index in [1.165, 1.54) is 198 Å². The van der Waals surface area contributed by atoms with Crippen LogP contribution in [0, 0.1) is 0 Å². The van der Waals surface area contributed by atoms with Crippen LogP contribution in [-0.4, -0.2) is 0 Å². The maximum atomic E-state index is 2.51. The normalized spacial score (nSPS) is 15.5. The average Bonchev–Trinajstić information content (AvgIpc) is 1.50. The molecular formula is C90H66. The Hall–Kier alpha value is -10.1. The van der Waals surface area contributed by atoms with Gasteiger partial charge < -0.3 is 0 Å². The summed E-state index contributed by atoms with van der Waals surface area (Å²) in [6.45, 7) is 19.4. The van der Waals surface area contributed by atoms with Crippen molar-refractivity contribution in [3.63, 3.8) is 0 Å². The molecule has 0 fully saturated rings. The van der Waals surface area contributed by atoms with Crippen molar-refractivity contribution in [2.75, 3.05) is 0 Å². The highest BCUT2D eigenvalue weighted by molar-refractivity contribution is 6.27. The molecule has 0 aliphatic heterocycles. The standard InChI is InChI=1S/C90H66/c1-87(2)79-41-53(51-25-27-52(28-26-51)54-30-39-71-77-47-73-63-21-13-9-17-59(63)61-19-11-15-23-65(61)75(73)49-85(77)89(5,6)83(71)42-54)29-35-67(79)68-36-31-55(43-80(68)87)56-32-37-69-70-38-33-57(45-82(70)88(3,4)81(69)44-56)58-34-40-72-78-48-74-64-22-14-10-18-60(64)62-20-12-16-24-66(62)76(74)50-86(78)90(7,8)84(72)46-58/h9-50H,1-8H3. The Kier molecular flexibility index (Phi) is 10.3. The largest absolute Gasteiger partial charge is 0.0616 e. The molecule has 0 heteroatoms. The summed E-state index contributed by atoms with van der Waals surface area (Å²) in [5.74, 6) is 0. The highest BCUT2D eigenvalue weighted by atomic mass is 14.4. The molecule has 15 aromatic rings. The first-order valence-corrected chi connectivity index (χ1v) is 32.4. The summed E-state index contributed by atoms with van der Waals surface area (Å²) in [6, 6.07) is 98.3. The van der Waals surface area contributed by atoms with Crippen LogP contribution < -0.4 is 0 Å². The Morgan fingerprint density at radius 1 is 0.144 bits per heavy atom. The molecule has 19 rings (SSSR count). The molecule has 4 aliphatic rings. The van der Waals surface area contributed by atoms with Gasteiger partial charge in [-0.15, -0.1) is 0 Å². The molecule has 0 saturated heterocycles. The van der Waals surface area contributed by atoms with Crippen LogP contribution >= 0.6 is 0 Å². The van der Waals surface area contributed by atoms with E-state index in [0.717, 1.165) is 0 Å². The van der Waals surface area contributed by atoms with E-state index in [-0.39, 0.29) is 21.7 Å². The second-order valence-electron chi connectivity index (χ2n) is 28.7. The summed E-state index contributed by atoms with van der Waals surface area (Å²) in [7, 11) is 0. The van der Waals surface area contributed by atoms with Crippen LogP contribution in [0.25, 0.3) is 154 Å². The first-order chi connectivity index (χ1) is 43.6. The lowest BCUT2D eigenvalue weighted by molar-refractivity contribution is 0.659. The van der Waals surface area contributed by atoms with E-state index in [1.54, 1.807) is 0 Å². The van der Waals surface area contributed by atoms with Gasteiger partial charge >= 0.3 is 0 Å². The predicted molar refractivity (Wildman–Crippen MR) is 383 cm³/mol. The van der Waals surface area contributed by atoms with Crippen molar-refractivity contribution < 1.29 is 0 Å². The number of hydrogen-bond acceptors (Lipinski definition) is 0. The molecule has 0 amide bonds. The van der Waals surface area contributed by atoms with Gasteiger partial charge in [-0.3, -0.25) is 0 Å². The van der Waals surface area contributed by atoms with E-state index in [4.69, 9.17) is 0 Å². The van der Waals surface area contributed by atoms with Gasteiger partial charge in [-0.05, 0) is 259 Å². The average molecular weight is 1150 g/mol. The molecule has 0 aromatic heterocycles. The predicted octanol–water partition coefficient (Wildman–Crippen LogP) is 24.5. The van der Waals surface area contributed by atoms with Crippen LogP contribution in [0.15, 0.2) is 255 Å². The SMILES string of the molecule is CC1(C)c2cc(-c3ccc(-c4ccc5c(c4)C(C)(C)c4cc6c7ccccc7c7ccccc7c6cc4-5)cc3)ccc2-c2ccc(-c3ccc4c(c3)C(C)(C)c3cc(-c5ccc6c(c5)C(C)(C)c5cc7c8ccccc8c8ccccc8c7cc5-6)ccc3-4)cc21. The smallest absolute Gasteiger partial charge is 0.0159 e. The molecule has 15 aromatic carbocycles. The van der Waals surface area contributed by atoms with Gasteiger partial charge in [0.1, 0.15) is 0 Å². The zero-order valence-electron chi connectivity index (χ0n) is 52.2. The molecule has 0 unspecified atom stereocenters. The van der Waals surface area contributed by atoms with Crippen LogP contribution in [0.1, 0.15) is 99.9 Å². The van der Waals surface area contributed by atoms with Gasteiger partial charge in [-0.25, -0.2) is 0 Å². The minimum atomic E-state index is -0.178. The molecule has 0 heterocycles. The fourth-order valence-corrected chi connectivity index (χ4v) is 17.7. The Morgan fingerprint density at radius 2 is 0.311 bits per heavy atom. The molecule has 0 atom stereocenters. The third-order valence-corrected chi connectivity index (χ3v) is 22.6. The van der Waals surface area contributed by atoms with E-state index in [1.807, 2.05) is 0 Å². The fraction of sp³-hybridized carbons (Fsp3) is 0.133. The monoisotopic (exact) mass is 1150 g/mol. The van der Waals surface area contributed by atoms with Gasteiger partial charge in [0.2, 0.25) is 0 Å². The number of rotatable bonds is 4. The number of fused-ring (bicyclic) bond motifs is 24. The Bertz CT molecular complexity index is 5760. The van der Waals surface area contributed by atoms with E-state index in [9.17, 15) is 0 Å². The van der Waals surface area contributed by atoms with Crippen molar-refractivity contribution in [2.24, 2.45) is 0 Å². The summed E-state index contributed by atoms with van der Waals surface area (Å²) in [5, 5.41) is 15.9. The lowest BCUT2D eigenvalue weighted by atomic mass is 9.79. The second-order valence-corrected chi connectivity index (χ2v) is 28.7. The van der Waals surface area contributed by atoms with Gasteiger partial charge in [0.15, 0.2) is 0 Å². The van der Waals surface area contributed by atoms with Crippen molar-refractivity contribution in [3.05, 3.63) is 299 Å². The first-order valence-electron chi connectivity index (χ1n) is 32.4. The van der Waals surface area contributed by atoms with Gasteiger partial charge in [-0.1, -0.05) is 250 Å². The van der Waals surface area contributed by atoms with Crippen LogP contribution in [0.5, 0.6) is 0 Å². The molecule has 0 nitrogen and oxygen atoms in total. The topological polar surface area (TPSA) is 0 Å². The van der Waals surface area contributed by atoms with E-state index < -0.39 is 0 Å². The zero-order valence-corrected chi connectivity index (χ0v) is 52.2. The molecule has 0 radical (unpaired) electrons. The molecule has 0 spiro atoms. The lowest BCUT2D eigenvalue weighted by Crippen LogP contribution is -2.16. The number of hydrogen-bond donors (Lipinski definition) is 0. The summed E-state index contributed by atoms with van der Waals surface area (Å²) in [6.07, 6.45) is 0. The third kappa shape index (κ3) is 6.92. The first kappa shape index (κ1) is 51.9. The van der Waals surface area contributed by atoms with Crippen molar-refractivity contribution in [2.45, 2.75) is 77.0 Å². The minimum Gasteiger partial charge on any atom is -0.0616 e. The highest BCUT2D eigenvalue weighted by Crippen LogP contribution is 2.57. The van der Waals surface area contributed by atoms with Crippen LogP contribution in [-0.2, 0) is 21.7 Å². The Labute approximate surface area is 526 Å². The Morgan fingerprint density at radius 3 is 0.544 bits per heavy atom. The number of benzene rings is 15. The lowest BCUT2D eigenvalue weighted by Gasteiger charge is -2.24. The van der Waals surface area contributed by atoms with Crippen LogP contribution in [0.3, 0.4) is 0 Å². The summed E-state index contributed by atoms with van der Waals surface area (Å²) < 4.78 is 0. The molecule has 4 aliphatic carbocycles. The van der Waals surface area contributed by atoms with Gasteiger partial charge in [0, 0.05) is 21.7 Å². The van der Waals surface area contributed by atoms with Crippen LogP contribution in [0.2, 0.25) is 0 Å². The Balaban J connectivity index is 0.596. The molecule has 0 saturated carbocycles. The van der Waals surface area contributed by atoms with Crippen molar-refractivity contribution in [3.8, 4) is 89.0 Å². The van der Waals surface area contributed by atoms with E-state index in [0.29, 0.717) is 0 Å². The maximum Gasteiger partial charge on any atom is 0.0159 e. The summed E-state index contributed by atoms with van der Waals surface area (Å²) in [4.78, 5) is 0. The van der Waals surface area contributed by atoms with E-state index >= 15 is 0 Å². The van der Waals surface area contributed by atoms with Crippen LogP contribution in [0.4, 0.5) is 0 Å². The third-order valence-electron chi connectivity index (χ3n) is 22.6. The maximum absolute atomic E-state index is 2.51. The fourth-order valence-electron chi connectivity index (χ4n) is 17.7. The van der Waals surface area contributed by atoms with Gasteiger partial charge in [0.05, 0.1) is 0 Å². The minimum absolute atomic E-state index is 0.142. The van der Waals surface area contributed by atoms with Crippen molar-refractivity contribution >= 4 is 64.6 Å². The van der Waals surface area contributed by atoms with Crippen molar-refractivity contribution in [1.29, 1.82) is 0 Å². The molecule has 426 valence electrons. The van der Waals surface area contributed by atoms with Gasteiger partial charge in [-0.2, -0.15) is 0 Å². The summed E-state index contributed by atoms with van der Waals surface area (Å²) >= 11 is 0. The van der Waals surface area contributed by atoms with Gasteiger partial charge in [0.25, 0.3) is 0 Å².